The molecule has 0 aliphatic carbocycles. The van der Waals surface area contributed by atoms with Gasteiger partial charge in [-0.05, 0) is 31.2 Å². The second kappa shape index (κ2) is 8.54. The number of benzene rings is 1. The summed E-state index contributed by atoms with van der Waals surface area (Å²) in [6.45, 7) is 3.34. The van der Waals surface area contributed by atoms with Gasteiger partial charge in [-0.3, -0.25) is 9.52 Å². The lowest BCUT2D eigenvalue weighted by Gasteiger charge is -2.25. The standard InChI is InChI=1S/C18H16ClFN4O5S2/c1-10-15(31(26,27)23-13-3-2-11(20)8-12(13)19)9-14(30-10)16-21-17(29-22-16)18(25)24-4-6-28-7-5-24/h2-3,8-9,23H,4-7H2,1H3. The fourth-order valence-electron chi connectivity index (χ4n) is 2.93. The number of sulfonamides is 1. The number of carbonyl (C=O) groups is 1. The number of hydrogen-bond acceptors (Lipinski definition) is 8. The maximum atomic E-state index is 13.2. The molecule has 0 spiro atoms. The summed E-state index contributed by atoms with van der Waals surface area (Å²) >= 11 is 7.05. The van der Waals surface area contributed by atoms with Crippen LogP contribution in [-0.2, 0) is 14.8 Å². The molecule has 164 valence electrons. The minimum Gasteiger partial charge on any atom is -0.378 e. The van der Waals surface area contributed by atoms with Crippen LogP contribution in [0.4, 0.5) is 10.1 Å². The van der Waals surface area contributed by atoms with Crippen molar-refractivity contribution < 1.29 is 26.9 Å². The number of aromatic nitrogens is 2. The van der Waals surface area contributed by atoms with Crippen LogP contribution in [0.25, 0.3) is 10.7 Å². The predicted octanol–water partition coefficient (Wildman–Crippen LogP) is 3.17. The van der Waals surface area contributed by atoms with Crippen molar-refractivity contribution >= 4 is 44.6 Å². The zero-order valence-electron chi connectivity index (χ0n) is 16.1. The SMILES string of the molecule is Cc1sc(-c2noc(C(=O)N3CCOCC3)n2)cc1S(=O)(=O)Nc1ccc(F)cc1Cl. The van der Waals surface area contributed by atoms with Crippen LogP contribution in [0.15, 0.2) is 33.7 Å². The van der Waals surface area contributed by atoms with Gasteiger partial charge in [-0.15, -0.1) is 11.3 Å². The zero-order valence-corrected chi connectivity index (χ0v) is 18.5. The highest BCUT2D eigenvalue weighted by atomic mass is 35.5. The van der Waals surface area contributed by atoms with Gasteiger partial charge in [0.25, 0.3) is 10.0 Å². The van der Waals surface area contributed by atoms with Gasteiger partial charge in [0.05, 0.1) is 28.8 Å². The normalized spacial score (nSPS) is 14.6. The first-order valence-corrected chi connectivity index (χ1v) is 11.7. The molecule has 13 heteroatoms. The van der Waals surface area contributed by atoms with Crippen LogP contribution in [0.3, 0.4) is 0 Å². The van der Waals surface area contributed by atoms with Crippen molar-refractivity contribution in [2.75, 3.05) is 31.0 Å². The Bertz CT molecular complexity index is 1240. The Hall–Kier alpha value is -2.54. The Morgan fingerprint density at radius 2 is 2.03 bits per heavy atom. The second-order valence-electron chi connectivity index (χ2n) is 6.59. The number of morpholine rings is 1. The summed E-state index contributed by atoms with van der Waals surface area (Å²) < 4.78 is 51.5. The molecule has 1 saturated heterocycles. The fourth-order valence-corrected chi connectivity index (χ4v) is 5.79. The van der Waals surface area contributed by atoms with Crippen LogP contribution < -0.4 is 4.72 Å². The highest BCUT2D eigenvalue weighted by Crippen LogP contribution is 2.34. The third-order valence-corrected chi connectivity index (χ3v) is 7.44. The van der Waals surface area contributed by atoms with Crippen molar-refractivity contribution in [2.24, 2.45) is 0 Å². The van der Waals surface area contributed by atoms with Crippen molar-refractivity contribution in [1.29, 1.82) is 0 Å². The van der Waals surface area contributed by atoms with Gasteiger partial charge in [-0.25, -0.2) is 12.8 Å². The van der Waals surface area contributed by atoms with Crippen LogP contribution in [0.2, 0.25) is 5.02 Å². The molecule has 0 saturated carbocycles. The van der Waals surface area contributed by atoms with Crippen molar-refractivity contribution in [3.8, 4) is 10.7 Å². The average Bonchev–Trinajstić information content (AvgIpc) is 3.37. The molecule has 1 amide bonds. The highest BCUT2D eigenvalue weighted by Gasteiger charge is 2.27. The number of nitrogens with one attached hydrogen (secondary N) is 1. The van der Waals surface area contributed by atoms with Gasteiger partial charge < -0.3 is 14.2 Å². The van der Waals surface area contributed by atoms with Gasteiger partial charge in [0.15, 0.2) is 0 Å². The Kier molecular flexibility index (Phi) is 5.97. The summed E-state index contributed by atoms with van der Waals surface area (Å²) in [5.74, 6) is -1.06. The quantitative estimate of drug-likeness (QED) is 0.589. The van der Waals surface area contributed by atoms with Crippen LogP contribution in [0.1, 0.15) is 15.6 Å². The average molecular weight is 487 g/mol. The molecule has 0 unspecified atom stereocenters. The van der Waals surface area contributed by atoms with Gasteiger partial charge in [0.1, 0.15) is 10.7 Å². The molecule has 0 atom stereocenters. The predicted molar refractivity (Wildman–Crippen MR) is 111 cm³/mol. The molecule has 4 rings (SSSR count). The third kappa shape index (κ3) is 4.56. The van der Waals surface area contributed by atoms with E-state index in [1.54, 1.807) is 11.8 Å². The van der Waals surface area contributed by atoms with Crippen molar-refractivity contribution in [3.05, 3.63) is 45.9 Å². The Labute approximate surface area is 185 Å². The molecule has 3 aromatic rings. The fraction of sp³-hybridized carbons (Fsp3) is 0.278. The summed E-state index contributed by atoms with van der Waals surface area (Å²) in [4.78, 5) is 19.0. The van der Waals surface area contributed by atoms with Crippen LogP contribution >= 0.6 is 22.9 Å². The first-order chi connectivity index (χ1) is 14.7. The topological polar surface area (TPSA) is 115 Å². The van der Waals surface area contributed by atoms with E-state index < -0.39 is 21.7 Å². The van der Waals surface area contributed by atoms with E-state index in [1.165, 1.54) is 12.1 Å². The van der Waals surface area contributed by atoms with E-state index in [2.05, 4.69) is 14.9 Å². The molecule has 9 nitrogen and oxygen atoms in total. The number of thiophene rings is 1. The summed E-state index contributed by atoms with van der Waals surface area (Å²) in [5, 5.41) is 3.75. The maximum absolute atomic E-state index is 13.2. The summed E-state index contributed by atoms with van der Waals surface area (Å²) in [5.41, 5.74) is 0.0492. The van der Waals surface area contributed by atoms with Gasteiger partial charge in [-0.2, -0.15) is 4.98 Å². The Morgan fingerprint density at radius 3 is 2.74 bits per heavy atom. The summed E-state index contributed by atoms with van der Waals surface area (Å²) in [6.07, 6.45) is 0. The number of aryl methyl sites for hydroxylation is 1. The molecule has 0 bridgehead atoms. The first kappa shape index (κ1) is 21.7. The number of anilines is 1. The smallest absolute Gasteiger partial charge is 0.316 e. The molecular weight excluding hydrogens is 471 g/mol. The van der Waals surface area contributed by atoms with Crippen molar-refractivity contribution in [1.82, 2.24) is 15.0 Å². The molecule has 0 radical (unpaired) electrons. The van der Waals surface area contributed by atoms with E-state index in [0.29, 0.717) is 36.1 Å². The molecule has 3 heterocycles. The number of carbonyl (C=O) groups excluding carboxylic acids is 1. The molecule has 31 heavy (non-hydrogen) atoms. The van der Waals surface area contributed by atoms with Crippen LogP contribution in [0.5, 0.6) is 0 Å². The lowest BCUT2D eigenvalue weighted by molar-refractivity contribution is 0.0272. The van der Waals surface area contributed by atoms with Gasteiger partial charge in [-0.1, -0.05) is 16.8 Å². The molecule has 1 N–H and O–H groups in total. The molecule has 2 aromatic heterocycles. The van der Waals surface area contributed by atoms with E-state index in [9.17, 15) is 17.6 Å². The second-order valence-corrected chi connectivity index (χ2v) is 9.90. The van der Waals surface area contributed by atoms with Crippen molar-refractivity contribution in [2.45, 2.75) is 11.8 Å². The molecule has 1 aliphatic heterocycles. The van der Waals surface area contributed by atoms with Crippen LogP contribution in [-0.4, -0.2) is 55.7 Å². The van der Waals surface area contributed by atoms with E-state index in [0.717, 1.165) is 23.5 Å². The number of amides is 1. The summed E-state index contributed by atoms with van der Waals surface area (Å²) in [6, 6.07) is 4.73. The molecule has 1 fully saturated rings. The van der Waals surface area contributed by atoms with Crippen LogP contribution in [0, 0.1) is 12.7 Å². The van der Waals surface area contributed by atoms with Crippen molar-refractivity contribution in [3.63, 3.8) is 0 Å². The van der Waals surface area contributed by atoms with Gasteiger partial charge in [0, 0.05) is 18.0 Å². The minimum atomic E-state index is -4.01. The van der Waals surface area contributed by atoms with E-state index in [4.69, 9.17) is 20.9 Å². The maximum Gasteiger partial charge on any atom is 0.316 e. The van der Waals surface area contributed by atoms with E-state index >= 15 is 0 Å². The molecular formula is C18H16ClFN4O5S2. The largest absolute Gasteiger partial charge is 0.378 e. The number of ether oxygens (including phenoxy) is 1. The third-order valence-electron chi connectivity index (χ3n) is 4.46. The number of halogens is 2. The van der Waals surface area contributed by atoms with E-state index in [-0.39, 0.29) is 27.3 Å². The zero-order chi connectivity index (χ0) is 22.2. The lowest BCUT2D eigenvalue weighted by Crippen LogP contribution is -2.40. The summed E-state index contributed by atoms with van der Waals surface area (Å²) in [7, 11) is -4.01. The lowest BCUT2D eigenvalue weighted by atomic mass is 10.3. The Balaban J connectivity index is 1.57. The monoisotopic (exact) mass is 486 g/mol. The number of nitrogens with zero attached hydrogens (tertiary/aromatic N) is 3. The van der Waals surface area contributed by atoms with Gasteiger partial charge >= 0.3 is 11.8 Å². The van der Waals surface area contributed by atoms with Gasteiger partial charge in [0.2, 0.25) is 5.82 Å². The minimum absolute atomic E-state index is 0.0150. The molecule has 1 aromatic carbocycles. The number of rotatable bonds is 5. The highest BCUT2D eigenvalue weighted by molar-refractivity contribution is 7.93. The first-order valence-electron chi connectivity index (χ1n) is 9.04. The number of hydrogen-bond donors (Lipinski definition) is 1. The molecule has 1 aliphatic rings. The Morgan fingerprint density at radius 1 is 1.29 bits per heavy atom. The van der Waals surface area contributed by atoms with E-state index in [1.807, 2.05) is 0 Å².